The lowest BCUT2D eigenvalue weighted by Crippen LogP contribution is -2.40. The van der Waals surface area contributed by atoms with Crippen molar-refractivity contribution < 1.29 is 42.9 Å². The molecule has 1 N–H and O–H groups in total. The number of quaternary nitrogens is 1. The second kappa shape index (κ2) is 81.3. The summed E-state index contributed by atoms with van der Waals surface area (Å²) in [6.07, 6.45) is 125. The van der Waals surface area contributed by atoms with Crippen molar-refractivity contribution >= 4 is 17.9 Å². The number of carbonyl (C=O) groups is 3. The summed E-state index contributed by atoms with van der Waals surface area (Å²) in [5.41, 5.74) is 0. The molecule has 0 bridgehead atoms. The van der Waals surface area contributed by atoms with E-state index in [2.05, 4.69) is 233 Å². The van der Waals surface area contributed by atoms with E-state index in [1.807, 2.05) is 21.1 Å². The van der Waals surface area contributed by atoms with E-state index in [-0.39, 0.29) is 38.6 Å². The van der Waals surface area contributed by atoms with Gasteiger partial charge in [0.05, 0.1) is 34.4 Å². The molecule has 0 heterocycles. The molecule has 9 heteroatoms. The van der Waals surface area contributed by atoms with Crippen molar-refractivity contribution in [2.75, 3.05) is 47.5 Å². The van der Waals surface area contributed by atoms with E-state index >= 15 is 0 Å². The Morgan fingerprint density at radius 3 is 0.777 bits per heavy atom. The number of carboxylic acid groups (broad SMARTS) is 1. The van der Waals surface area contributed by atoms with Crippen LogP contribution in [0, 0.1) is 0 Å². The van der Waals surface area contributed by atoms with Gasteiger partial charge in [0.15, 0.2) is 6.10 Å². The highest BCUT2D eigenvalue weighted by atomic mass is 16.7. The Kier molecular flexibility index (Phi) is 76.2. The van der Waals surface area contributed by atoms with Crippen LogP contribution in [-0.2, 0) is 33.3 Å². The molecule has 103 heavy (non-hydrogen) atoms. The van der Waals surface area contributed by atoms with Crippen LogP contribution in [0.3, 0.4) is 0 Å². The molecule has 0 aliphatic carbocycles. The van der Waals surface area contributed by atoms with Crippen LogP contribution < -0.4 is 0 Å². The average Bonchev–Trinajstić information content (AvgIpc) is 1.01. The molecule has 2 atom stereocenters. The van der Waals surface area contributed by atoms with Gasteiger partial charge >= 0.3 is 17.9 Å². The Morgan fingerprint density at radius 2 is 0.524 bits per heavy atom. The van der Waals surface area contributed by atoms with Crippen molar-refractivity contribution in [2.24, 2.45) is 0 Å². The molecule has 0 amide bonds. The largest absolute Gasteiger partial charge is 0.477 e. The minimum absolute atomic E-state index is 0.177. The number of aliphatic carboxylic acids is 1. The van der Waals surface area contributed by atoms with Gasteiger partial charge in [-0.3, -0.25) is 9.59 Å². The number of allylic oxidation sites excluding steroid dienone is 36. The maximum absolute atomic E-state index is 13.0. The van der Waals surface area contributed by atoms with Crippen LogP contribution in [0.25, 0.3) is 0 Å². The highest BCUT2D eigenvalue weighted by Gasteiger charge is 2.25. The third kappa shape index (κ3) is 82.8. The maximum atomic E-state index is 13.0. The van der Waals surface area contributed by atoms with Gasteiger partial charge in [-0.05, 0) is 154 Å². The average molecular weight is 1420 g/mol. The van der Waals surface area contributed by atoms with Gasteiger partial charge in [-0.1, -0.05) is 348 Å². The normalized spacial score (nSPS) is 13.8. The van der Waals surface area contributed by atoms with Crippen LogP contribution >= 0.6 is 0 Å². The lowest BCUT2D eigenvalue weighted by Gasteiger charge is -2.25. The van der Waals surface area contributed by atoms with Crippen LogP contribution in [0.15, 0.2) is 219 Å². The van der Waals surface area contributed by atoms with Crippen LogP contribution in [0.5, 0.6) is 0 Å². The molecule has 0 radical (unpaired) electrons. The molecule has 0 aromatic rings. The summed E-state index contributed by atoms with van der Waals surface area (Å²) >= 11 is 0. The van der Waals surface area contributed by atoms with Gasteiger partial charge in [-0.2, -0.15) is 0 Å². The first-order chi connectivity index (χ1) is 50.6. The van der Waals surface area contributed by atoms with Gasteiger partial charge < -0.3 is 28.5 Å². The Morgan fingerprint density at radius 1 is 0.291 bits per heavy atom. The zero-order chi connectivity index (χ0) is 74.6. The van der Waals surface area contributed by atoms with Gasteiger partial charge in [0.25, 0.3) is 6.29 Å². The highest BCUT2D eigenvalue weighted by Crippen LogP contribution is 2.17. The number of hydrogen-bond donors (Lipinski definition) is 1. The Labute approximate surface area is 632 Å². The van der Waals surface area contributed by atoms with E-state index in [0.717, 1.165) is 167 Å². The van der Waals surface area contributed by atoms with Crippen molar-refractivity contribution in [1.82, 2.24) is 0 Å². The molecule has 0 aliphatic heterocycles. The number of likely N-dealkylation sites (N-methyl/N-ethyl adjacent to an activating group) is 1. The predicted octanol–water partition coefficient (Wildman–Crippen LogP) is 26.8. The summed E-state index contributed by atoms with van der Waals surface area (Å²) in [4.78, 5) is 37.8. The molecular formula is C94H150NO8+. The predicted molar refractivity (Wildman–Crippen MR) is 446 cm³/mol. The third-order valence-corrected chi connectivity index (χ3v) is 16.7. The van der Waals surface area contributed by atoms with Gasteiger partial charge in [0.1, 0.15) is 13.2 Å². The fourth-order valence-electron chi connectivity index (χ4n) is 10.6. The second-order valence-corrected chi connectivity index (χ2v) is 27.6. The first kappa shape index (κ1) is 96.6. The first-order valence-electron chi connectivity index (χ1n) is 40.9. The number of ether oxygens (including phenoxy) is 4. The fraction of sp³-hybridized carbons (Fsp3) is 0.585. The van der Waals surface area contributed by atoms with Crippen molar-refractivity contribution in [2.45, 2.75) is 309 Å². The van der Waals surface area contributed by atoms with E-state index < -0.39 is 24.3 Å². The second-order valence-electron chi connectivity index (χ2n) is 27.6. The quantitative estimate of drug-likeness (QED) is 0.0211. The summed E-state index contributed by atoms with van der Waals surface area (Å²) in [6, 6.07) is 0. The molecule has 0 spiro atoms. The standard InChI is InChI=1S/C94H149NO8/c1-6-8-10-12-14-16-18-20-22-24-26-28-30-32-34-36-38-40-42-44-45-46-47-49-51-53-55-57-59-61-63-65-67-69-71-73-75-77-79-81-83-85-92(97)103-90(89-102-94(93(98)99)100-87-86-95(3,4)5)88-101-91(96)84-82-80-78-76-74-72-70-68-66-64-62-60-58-56-54-52-50-48-43-41-39-37-35-33-31-29-27-25-23-21-19-17-15-13-11-9-7-2/h8-11,14-17,20-23,26-29,32-35,38-41,44-45,47-50,53-56,60,62,90,94H,6-7,12-13,18-19,24-25,30-31,36-37,42-43,46,51-52,57-59,61,63-89H2,1-5H3/p+1/b10-8-,11-9-,16-14-,17-15-,22-20-,23-21-,28-26-,29-27-,34-32-,35-33-,40-38-,41-39-,45-44-,49-47-,50-48-,55-53-,56-54-,62-60-. The van der Waals surface area contributed by atoms with E-state index in [0.29, 0.717) is 17.4 Å². The summed E-state index contributed by atoms with van der Waals surface area (Å²) in [6.45, 7) is 4.63. The van der Waals surface area contributed by atoms with E-state index in [9.17, 15) is 19.5 Å². The zero-order valence-corrected chi connectivity index (χ0v) is 66.1. The molecule has 0 saturated carbocycles. The maximum Gasteiger partial charge on any atom is 0.361 e. The molecule has 9 nitrogen and oxygen atoms in total. The number of carbonyl (C=O) groups excluding carboxylic acids is 2. The molecule has 0 fully saturated rings. The number of rotatable bonds is 73. The van der Waals surface area contributed by atoms with E-state index in [1.54, 1.807) is 0 Å². The van der Waals surface area contributed by atoms with Crippen molar-refractivity contribution in [3.05, 3.63) is 219 Å². The number of hydrogen-bond acceptors (Lipinski definition) is 7. The fourth-order valence-corrected chi connectivity index (χ4v) is 10.6. The number of esters is 2. The minimum Gasteiger partial charge on any atom is -0.477 e. The van der Waals surface area contributed by atoms with Crippen LogP contribution in [0.2, 0.25) is 0 Å². The molecule has 2 unspecified atom stereocenters. The zero-order valence-electron chi connectivity index (χ0n) is 66.1. The van der Waals surface area contributed by atoms with Crippen LogP contribution in [0.1, 0.15) is 296 Å². The highest BCUT2D eigenvalue weighted by molar-refractivity contribution is 5.71. The summed E-state index contributed by atoms with van der Waals surface area (Å²) < 4.78 is 23.0. The topological polar surface area (TPSA) is 108 Å². The Bertz CT molecular complexity index is 2510. The smallest absolute Gasteiger partial charge is 0.361 e. The van der Waals surface area contributed by atoms with Crippen molar-refractivity contribution in [1.29, 1.82) is 0 Å². The summed E-state index contributed by atoms with van der Waals surface area (Å²) in [7, 11) is 5.97. The van der Waals surface area contributed by atoms with E-state index in [4.69, 9.17) is 18.9 Å². The lowest BCUT2D eigenvalue weighted by molar-refractivity contribution is -0.870. The molecule has 0 saturated heterocycles. The minimum atomic E-state index is -1.53. The molecule has 0 aromatic carbocycles. The van der Waals surface area contributed by atoms with Crippen molar-refractivity contribution in [3.8, 4) is 0 Å². The summed E-state index contributed by atoms with van der Waals surface area (Å²) in [5.74, 6) is -2.03. The number of carboxylic acids is 1. The summed E-state index contributed by atoms with van der Waals surface area (Å²) in [5, 5.41) is 9.78. The number of nitrogens with zero attached hydrogens (tertiary/aromatic N) is 1. The van der Waals surface area contributed by atoms with Gasteiger partial charge in [-0.15, -0.1) is 0 Å². The monoisotopic (exact) mass is 1420 g/mol. The van der Waals surface area contributed by atoms with Gasteiger partial charge in [0.2, 0.25) is 0 Å². The van der Waals surface area contributed by atoms with Crippen LogP contribution in [-0.4, -0.2) is 87.4 Å². The van der Waals surface area contributed by atoms with Crippen molar-refractivity contribution in [3.63, 3.8) is 0 Å². The first-order valence-corrected chi connectivity index (χ1v) is 40.9. The third-order valence-electron chi connectivity index (χ3n) is 16.7. The van der Waals surface area contributed by atoms with E-state index in [1.165, 1.54) is 96.3 Å². The molecule has 578 valence electrons. The van der Waals surface area contributed by atoms with Gasteiger partial charge in [-0.25, -0.2) is 4.79 Å². The molecule has 0 aliphatic rings. The number of unbranched alkanes of at least 4 members (excludes halogenated alkanes) is 22. The molecular weight excluding hydrogens is 1270 g/mol. The molecule has 0 aromatic heterocycles. The van der Waals surface area contributed by atoms with Gasteiger partial charge in [0, 0.05) is 12.8 Å². The Hall–Kier alpha value is -6.39. The Balaban J connectivity index is 4.13. The molecule has 0 rings (SSSR count). The van der Waals surface area contributed by atoms with Crippen LogP contribution in [0.4, 0.5) is 0 Å². The lowest BCUT2D eigenvalue weighted by atomic mass is 10.0. The SMILES string of the molecule is CC/C=C\C/C=C\C/C=C\C/C=C\C/C=C\C/C=C\C/C=C\C/C=C\C/C=C\CCCCCCCCCCCCCCCC(=O)OC(COC(=O)CCCCCCCCCCC/C=C\C/C=C\C/C=C\C/C=C\C/C=C\C/C=C\C/C=C\C/C=C\C/C=C\CC)COC(OCC[N+](C)(C)C)C(=O)O.